The van der Waals surface area contributed by atoms with E-state index in [-0.39, 0.29) is 5.69 Å². The molecule has 0 aliphatic heterocycles. The summed E-state index contributed by atoms with van der Waals surface area (Å²) >= 11 is 6.23. The normalized spacial score (nSPS) is 10.7. The molecule has 2 aromatic carbocycles. The van der Waals surface area contributed by atoms with Crippen molar-refractivity contribution in [1.29, 1.82) is 0 Å². The van der Waals surface area contributed by atoms with Crippen LogP contribution in [0.2, 0.25) is 5.02 Å². The number of primary amides is 1. The third-order valence-corrected chi connectivity index (χ3v) is 3.45. The van der Waals surface area contributed by atoms with E-state index >= 15 is 0 Å². The van der Waals surface area contributed by atoms with Crippen LogP contribution in [0.3, 0.4) is 0 Å². The first-order valence-electron chi connectivity index (χ1n) is 6.11. The first-order chi connectivity index (χ1) is 9.66. The van der Waals surface area contributed by atoms with Crippen LogP contribution in [0.4, 0.5) is 0 Å². The summed E-state index contributed by atoms with van der Waals surface area (Å²) in [5.74, 6) is -0.552. The first kappa shape index (κ1) is 12.6. The molecule has 0 aliphatic carbocycles. The molecule has 1 heterocycles. The second-order valence-electron chi connectivity index (χ2n) is 4.42. The van der Waals surface area contributed by atoms with Gasteiger partial charge >= 0.3 is 0 Å². The first-order valence-corrected chi connectivity index (χ1v) is 6.49. The molecule has 4 heteroatoms. The minimum absolute atomic E-state index is 0.235. The molecule has 0 aliphatic rings. The van der Waals surface area contributed by atoms with E-state index < -0.39 is 5.91 Å². The van der Waals surface area contributed by atoms with Crippen LogP contribution in [0.5, 0.6) is 0 Å². The van der Waals surface area contributed by atoms with E-state index in [4.69, 9.17) is 17.3 Å². The molecule has 0 unspecified atom stereocenters. The van der Waals surface area contributed by atoms with Crippen molar-refractivity contribution in [3.8, 4) is 11.3 Å². The van der Waals surface area contributed by atoms with Crippen molar-refractivity contribution >= 4 is 28.3 Å². The molecule has 2 N–H and O–H groups in total. The number of nitrogens with zero attached hydrogens (tertiary/aromatic N) is 1. The SMILES string of the molecule is NC(=O)c1cc2ccccc2c(-c2ccccc2Cl)n1. The van der Waals surface area contributed by atoms with Crippen LogP contribution >= 0.6 is 11.6 Å². The Morgan fingerprint density at radius 1 is 1.05 bits per heavy atom. The lowest BCUT2D eigenvalue weighted by atomic mass is 10.0. The molecule has 0 atom stereocenters. The monoisotopic (exact) mass is 282 g/mol. The van der Waals surface area contributed by atoms with Gasteiger partial charge in [0.25, 0.3) is 5.91 Å². The van der Waals surface area contributed by atoms with Gasteiger partial charge in [0, 0.05) is 16.0 Å². The van der Waals surface area contributed by atoms with Gasteiger partial charge in [-0.3, -0.25) is 4.79 Å². The maximum atomic E-state index is 11.4. The van der Waals surface area contributed by atoms with Crippen LogP contribution in [-0.4, -0.2) is 10.9 Å². The van der Waals surface area contributed by atoms with Gasteiger partial charge in [-0.05, 0) is 17.5 Å². The molecule has 3 nitrogen and oxygen atoms in total. The third-order valence-electron chi connectivity index (χ3n) is 3.12. The summed E-state index contributed by atoms with van der Waals surface area (Å²) in [6.07, 6.45) is 0. The number of benzene rings is 2. The lowest BCUT2D eigenvalue weighted by Crippen LogP contribution is -2.13. The lowest BCUT2D eigenvalue weighted by molar-refractivity contribution is 0.0996. The molecule has 3 rings (SSSR count). The van der Waals surface area contributed by atoms with E-state index in [2.05, 4.69) is 4.98 Å². The predicted molar refractivity (Wildman–Crippen MR) is 80.7 cm³/mol. The Morgan fingerprint density at radius 3 is 2.50 bits per heavy atom. The minimum Gasteiger partial charge on any atom is -0.364 e. The highest BCUT2D eigenvalue weighted by atomic mass is 35.5. The number of aromatic nitrogens is 1. The summed E-state index contributed by atoms with van der Waals surface area (Å²) in [6.45, 7) is 0. The summed E-state index contributed by atoms with van der Waals surface area (Å²) < 4.78 is 0. The van der Waals surface area contributed by atoms with Crippen molar-refractivity contribution in [3.05, 3.63) is 65.3 Å². The van der Waals surface area contributed by atoms with Gasteiger partial charge in [0.1, 0.15) is 5.69 Å². The second-order valence-corrected chi connectivity index (χ2v) is 4.83. The average molecular weight is 283 g/mol. The number of amides is 1. The van der Waals surface area contributed by atoms with Crippen molar-refractivity contribution in [2.24, 2.45) is 5.73 Å². The largest absolute Gasteiger partial charge is 0.364 e. The zero-order chi connectivity index (χ0) is 14.1. The van der Waals surface area contributed by atoms with Gasteiger partial charge in [-0.25, -0.2) is 4.98 Å². The topological polar surface area (TPSA) is 56.0 Å². The number of fused-ring (bicyclic) bond motifs is 1. The molecule has 0 radical (unpaired) electrons. The molecular formula is C16H11ClN2O. The average Bonchev–Trinajstić information content (AvgIpc) is 2.46. The number of nitrogens with two attached hydrogens (primary N) is 1. The van der Waals surface area contributed by atoms with E-state index in [0.29, 0.717) is 10.7 Å². The quantitative estimate of drug-likeness (QED) is 0.780. The van der Waals surface area contributed by atoms with Crippen molar-refractivity contribution in [2.45, 2.75) is 0 Å². The molecule has 0 bridgehead atoms. The van der Waals surface area contributed by atoms with Crippen LogP contribution in [-0.2, 0) is 0 Å². The highest BCUT2D eigenvalue weighted by Gasteiger charge is 2.12. The number of pyridine rings is 1. The van der Waals surface area contributed by atoms with Crippen LogP contribution in [0.15, 0.2) is 54.6 Å². The van der Waals surface area contributed by atoms with E-state index in [1.807, 2.05) is 42.5 Å². The van der Waals surface area contributed by atoms with Crippen molar-refractivity contribution in [3.63, 3.8) is 0 Å². The molecule has 1 aromatic heterocycles. The van der Waals surface area contributed by atoms with E-state index in [0.717, 1.165) is 16.3 Å². The molecule has 0 spiro atoms. The molecular weight excluding hydrogens is 272 g/mol. The number of carbonyl (C=O) groups excluding carboxylic acids is 1. The highest BCUT2D eigenvalue weighted by molar-refractivity contribution is 6.33. The van der Waals surface area contributed by atoms with Gasteiger partial charge in [-0.15, -0.1) is 0 Å². The fourth-order valence-electron chi connectivity index (χ4n) is 2.18. The number of halogens is 1. The Kier molecular flexibility index (Phi) is 3.12. The Bertz CT molecular complexity index is 814. The molecule has 1 amide bonds. The van der Waals surface area contributed by atoms with E-state index in [1.54, 1.807) is 12.1 Å². The lowest BCUT2D eigenvalue weighted by Gasteiger charge is -2.09. The van der Waals surface area contributed by atoms with Gasteiger partial charge in [-0.2, -0.15) is 0 Å². The number of hydrogen-bond acceptors (Lipinski definition) is 2. The molecule has 0 saturated heterocycles. The summed E-state index contributed by atoms with van der Waals surface area (Å²) in [5.41, 5.74) is 7.04. The van der Waals surface area contributed by atoms with Crippen molar-refractivity contribution in [2.75, 3.05) is 0 Å². The Labute approximate surface area is 121 Å². The number of hydrogen-bond donors (Lipinski definition) is 1. The summed E-state index contributed by atoms with van der Waals surface area (Å²) in [7, 11) is 0. The number of rotatable bonds is 2. The Balaban J connectivity index is 2.39. The van der Waals surface area contributed by atoms with Gasteiger partial charge in [-0.1, -0.05) is 54.1 Å². The Morgan fingerprint density at radius 2 is 1.75 bits per heavy atom. The second kappa shape index (κ2) is 4.94. The van der Waals surface area contributed by atoms with Crippen molar-refractivity contribution < 1.29 is 4.79 Å². The molecule has 0 saturated carbocycles. The van der Waals surface area contributed by atoms with Crippen molar-refractivity contribution in [1.82, 2.24) is 4.98 Å². The number of carbonyl (C=O) groups is 1. The molecule has 0 fully saturated rings. The van der Waals surface area contributed by atoms with E-state index in [1.165, 1.54) is 0 Å². The maximum Gasteiger partial charge on any atom is 0.267 e. The van der Waals surface area contributed by atoms with Crippen LogP contribution in [0.25, 0.3) is 22.0 Å². The molecule has 98 valence electrons. The third kappa shape index (κ3) is 2.12. The Hall–Kier alpha value is -2.39. The maximum absolute atomic E-state index is 11.4. The summed E-state index contributed by atoms with van der Waals surface area (Å²) in [5, 5.41) is 2.43. The standard InChI is InChI=1S/C16H11ClN2O/c17-13-8-4-3-7-12(13)15-11-6-2-1-5-10(11)9-14(19-15)16(18)20/h1-9H,(H2,18,20). The summed E-state index contributed by atoms with van der Waals surface area (Å²) in [6, 6.07) is 16.8. The van der Waals surface area contributed by atoms with Crippen LogP contribution in [0.1, 0.15) is 10.5 Å². The summed E-state index contributed by atoms with van der Waals surface area (Å²) in [4.78, 5) is 15.8. The van der Waals surface area contributed by atoms with Gasteiger partial charge < -0.3 is 5.73 Å². The smallest absolute Gasteiger partial charge is 0.267 e. The van der Waals surface area contributed by atoms with E-state index in [9.17, 15) is 4.79 Å². The molecule has 20 heavy (non-hydrogen) atoms. The van der Waals surface area contributed by atoms with Crippen LogP contribution < -0.4 is 5.73 Å². The van der Waals surface area contributed by atoms with Crippen LogP contribution in [0, 0.1) is 0 Å². The minimum atomic E-state index is -0.552. The fraction of sp³-hybridized carbons (Fsp3) is 0. The van der Waals surface area contributed by atoms with Gasteiger partial charge in [0.2, 0.25) is 0 Å². The van der Waals surface area contributed by atoms with Gasteiger partial charge in [0.15, 0.2) is 0 Å². The highest BCUT2D eigenvalue weighted by Crippen LogP contribution is 2.32. The van der Waals surface area contributed by atoms with Gasteiger partial charge in [0.05, 0.1) is 5.69 Å². The predicted octanol–water partition coefficient (Wildman–Crippen LogP) is 3.65. The fourth-order valence-corrected chi connectivity index (χ4v) is 2.41. The zero-order valence-corrected chi connectivity index (χ0v) is 11.3. The molecule has 3 aromatic rings. The zero-order valence-electron chi connectivity index (χ0n) is 10.5.